The number of amides is 1. The molecule has 2 saturated heterocycles. The summed E-state index contributed by atoms with van der Waals surface area (Å²) in [6.07, 6.45) is 3.21. The molecule has 18 heavy (non-hydrogen) atoms. The van der Waals surface area contributed by atoms with Crippen LogP contribution in [0, 0.1) is 0 Å². The standard InChI is InChI=1S/C11H16N4O3/c1-14-12-7-9(13-14)10(16)15-4-2-3-11(8-15)17-5-6-18-11/h7H,2-6,8H2,1H3. The summed E-state index contributed by atoms with van der Waals surface area (Å²) in [7, 11) is 1.69. The number of rotatable bonds is 1. The minimum atomic E-state index is -0.587. The van der Waals surface area contributed by atoms with Gasteiger partial charge in [-0.25, -0.2) is 0 Å². The van der Waals surface area contributed by atoms with Crippen molar-refractivity contribution in [1.29, 1.82) is 0 Å². The Balaban J connectivity index is 1.74. The summed E-state index contributed by atoms with van der Waals surface area (Å²) < 4.78 is 11.3. The van der Waals surface area contributed by atoms with Gasteiger partial charge in [0.1, 0.15) is 0 Å². The maximum absolute atomic E-state index is 12.3. The largest absolute Gasteiger partial charge is 0.346 e. The topological polar surface area (TPSA) is 69.5 Å². The second-order valence-corrected chi connectivity index (χ2v) is 4.66. The lowest BCUT2D eigenvalue weighted by Gasteiger charge is -2.38. The highest BCUT2D eigenvalue weighted by atomic mass is 16.7. The van der Waals surface area contributed by atoms with Crippen LogP contribution in [0.15, 0.2) is 6.20 Å². The number of aryl methyl sites for hydroxylation is 1. The lowest BCUT2D eigenvalue weighted by Crippen LogP contribution is -2.51. The zero-order valence-corrected chi connectivity index (χ0v) is 10.3. The van der Waals surface area contributed by atoms with E-state index in [-0.39, 0.29) is 5.91 Å². The predicted molar refractivity (Wildman–Crippen MR) is 60.8 cm³/mol. The molecule has 2 aliphatic rings. The number of likely N-dealkylation sites (tertiary alicyclic amines) is 1. The van der Waals surface area contributed by atoms with E-state index >= 15 is 0 Å². The maximum atomic E-state index is 12.3. The van der Waals surface area contributed by atoms with Crippen molar-refractivity contribution in [2.24, 2.45) is 7.05 Å². The van der Waals surface area contributed by atoms with Crippen LogP contribution in [-0.4, -0.2) is 57.9 Å². The zero-order chi connectivity index (χ0) is 12.6. The Labute approximate surface area is 105 Å². The zero-order valence-electron chi connectivity index (χ0n) is 10.3. The third-order valence-electron chi connectivity index (χ3n) is 3.34. The van der Waals surface area contributed by atoms with Gasteiger partial charge >= 0.3 is 0 Å². The van der Waals surface area contributed by atoms with Gasteiger partial charge in [-0.3, -0.25) is 4.79 Å². The van der Waals surface area contributed by atoms with E-state index in [9.17, 15) is 4.79 Å². The highest BCUT2D eigenvalue weighted by Crippen LogP contribution is 2.30. The summed E-state index contributed by atoms with van der Waals surface area (Å²) >= 11 is 0. The Kier molecular flexibility index (Phi) is 2.79. The van der Waals surface area contributed by atoms with Crippen LogP contribution in [0.2, 0.25) is 0 Å². The number of hydrogen-bond donors (Lipinski definition) is 0. The second-order valence-electron chi connectivity index (χ2n) is 4.66. The number of carbonyl (C=O) groups excluding carboxylic acids is 1. The molecule has 1 spiro atoms. The predicted octanol–water partition coefficient (Wildman–Crippen LogP) is -0.206. The highest BCUT2D eigenvalue weighted by molar-refractivity contribution is 5.92. The summed E-state index contributed by atoms with van der Waals surface area (Å²) in [4.78, 5) is 15.4. The van der Waals surface area contributed by atoms with Crippen molar-refractivity contribution in [3.63, 3.8) is 0 Å². The van der Waals surface area contributed by atoms with E-state index in [0.717, 1.165) is 12.8 Å². The van der Waals surface area contributed by atoms with Crippen LogP contribution >= 0.6 is 0 Å². The van der Waals surface area contributed by atoms with E-state index in [1.807, 2.05) is 0 Å². The molecule has 7 heteroatoms. The van der Waals surface area contributed by atoms with Crippen molar-refractivity contribution in [2.75, 3.05) is 26.3 Å². The summed E-state index contributed by atoms with van der Waals surface area (Å²) in [5.74, 6) is -0.697. The van der Waals surface area contributed by atoms with Crippen LogP contribution in [0.3, 0.4) is 0 Å². The minimum absolute atomic E-state index is 0.110. The molecule has 1 aromatic rings. The van der Waals surface area contributed by atoms with Crippen LogP contribution in [0.25, 0.3) is 0 Å². The number of hydrogen-bond acceptors (Lipinski definition) is 5. The third kappa shape index (κ3) is 1.99. The summed E-state index contributed by atoms with van der Waals surface area (Å²) in [6, 6.07) is 0. The molecule has 0 aromatic carbocycles. The molecular weight excluding hydrogens is 236 g/mol. The molecule has 3 heterocycles. The first-order chi connectivity index (χ1) is 8.69. The molecule has 0 atom stereocenters. The Morgan fingerprint density at radius 2 is 2.22 bits per heavy atom. The fraction of sp³-hybridized carbons (Fsp3) is 0.727. The van der Waals surface area contributed by atoms with E-state index in [2.05, 4.69) is 10.2 Å². The van der Waals surface area contributed by atoms with Crippen LogP contribution in [0.5, 0.6) is 0 Å². The molecule has 1 aromatic heterocycles. The van der Waals surface area contributed by atoms with E-state index in [4.69, 9.17) is 9.47 Å². The van der Waals surface area contributed by atoms with Gasteiger partial charge in [-0.1, -0.05) is 0 Å². The first-order valence-corrected chi connectivity index (χ1v) is 6.12. The Morgan fingerprint density at radius 3 is 2.89 bits per heavy atom. The molecule has 0 N–H and O–H groups in total. The molecule has 2 fully saturated rings. The number of aromatic nitrogens is 3. The van der Waals surface area contributed by atoms with E-state index in [0.29, 0.717) is 32.0 Å². The summed E-state index contributed by atoms with van der Waals surface area (Å²) in [6.45, 7) is 2.40. The smallest absolute Gasteiger partial charge is 0.276 e. The van der Waals surface area contributed by atoms with Crippen LogP contribution in [-0.2, 0) is 16.5 Å². The first kappa shape index (κ1) is 11.6. The van der Waals surface area contributed by atoms with Gasteiger partial charge in [0.05, 0.1) is 26.0 Å². The molecule has 98 valence electrons. The number of ether oxygens (including phenoxy) is 2. The summed E-state index contributed by atoms with van der Waals surface area (Å²) in [5.41, 5.74) is 0.368. The molecule has 3 rings (SSSR count). The second kappa shape index (κ2) is 4.33. The highest BCUT2D eigenvalue weighted by Gasteiger charge is 2.42. The quantitative estimate of drug-likeness (QED) is 0.692. The molecule has 1 amide bonds. The molecule has 0 radical (unpaired) electrons. The molecule has 0 bridgehead atoms. The van der Waals surface area contributed by atoms with E-state index in [1.54, 1.807) is 11.9 Å². The van der Waals surface area contributed by atoms with E-state index < -0.39 is 5.79 Å². The van der Waals surface area contributed by atoms with Gasteiger partial charge in [-0.05, 0) is 6.42 Å². The maximum Gasteiger partial charge on any atom is 0.276 e. The van der Waals surface area contributed by atoms with Gasteiger partial charge in [0, 0.05) is 20.0 Å². The lowest BCUT2D eigenvalue weighted by molar-refractivity contribution is -0.183. The molecule has 2 aliphatic heterocycles. The summed E-state index contributed by atoms with van der Waals surface area (Å²) in [5, 5.41) is 7.95. The van der Waals surface area contributed by atoms with Crippen molar-refractivity contribution in [3.8, 4) is 0 Å². The minimum Gasteiger partial charge on any atom is -0.346 e. The average Bonchev–Trinajstić information content (AvgIpc) is 2.98. The molecule has 0 unspecified atom stereocenters. The van der Waals surface area contributed by atoms with E-state index in [1.165, 1.54) is 11.0 Å². The Bertz CT molecular complexity index is 453. The molecule has 0 saturated carbocycles. The fourth-order valence-corrected chi connectivity index (χ4v) is 2.50. The monoisotopic (exact) mass is 252 g/mol. The van der Waals surface area contributed by atoms with Gasteiger partial charge in [0.15, 0.2) is 11.5 Å². The van der Waals surface area contributed by atoms with Crippen molar-refractivity contribution in [2.45, 2.75) is 18.6 Å². The number of piperidine rings is 1. The average molecular weight is 252 g/mol. The van der Waals surface area contributed by atoms with Crippen LogP contribution < -0.4 is 0 Å². The fourth-order valence-electron chi connectivity index (χ4n) is 2.50. The van der Waals surface area contributed by atoms with Gasteiger partial charge < -0.3 is 14.4 Å². The molecule has 0 aliphatic carbocycles. The van der Waals surface area contributed by atoms with Crippen LogP contribution in [0.4, 0.5) is 0 Å². The number of carbonyl (C=O) groups is 1. The third-order valence-corrected chi connectivity index (χ3v) is 3.34. The molecule has 7 nitrogen and oxygen atoms in total. The Morgan fingerprint density at radius 1 is 1.44 bits per heavy atom. The SMILES string of the molecule is Cn1ncc(C(=O)N2CCCC3(C2)OCCO3)n1. The lowest BCUT2D eigenvalue weighted by atomic mass is 10.0. The van der Waals surface area contributed by atoms with Gasteiger partial charge in [-0.15, -0.1) is 5.10 Å². The van der Waals surface area contributed by atoms with Crippen molar-refractivity contribution in [3.05, 3.63) is 11.9 Å². The van der Waals surface area contributed by atoms with Gasteiger partial charge in [-0.2, -0.15) is 9.90 Å². The van der Waals surface area contributed by atoms with Crippen molar-refractivity contribution < 1.29 is 14.3 Å². The van der Waals surface area contributed by atoms with Crippen molar-refractivity contribution >= 4 is 5.91 Å². The van der Waals surface area contributed by atoms with Crippen molar-refractivity contribution in [1.82, 2.24) is 19.9 Å². The van der Waals surface area contributed by atoms with Gasteiger partial charge in [0.2, 0.25) is 0 Å². The van der Waals surface area contributed by atoms with Gasteiger partial charge in [0.25, 0.3) is 5.91 Å². The first-order valence-electron chi connectivity index (χ1n) is 6.12. The van der Waals surface area contributed by atoms with Crippen LogP contribution in [0.1, 0.15) is 23.3 Å². The normalized spacial score (nSPS) is 22.6. The number of nitrogens with zero attached hydrogens (tertiary/aromatic N) is 4. The Hall–Kier alpha value is -1.47. The molecular formula is C11H16N4O3.